The highest BCUT2D eigenvalue weighted by Crippen LogP contribution is 2.28. The highest BCUT2D eigenvalue weighted by atomic mass is 79.9. The van der Waals surface area contributed by atoms with E-state index in [4.69, 9.17) is 11.6 Å². The molecule has 0 unspecified atom stereocenters. The molecule has 2 aromatic rings. The van der Waals surface area contributed by atoms with Gasteiger partial charge in [-0.3, -0.25) is 15.0 Å². The van der Waals surface area contributed by atoms with E-state index in [-0.39, 0.29) is 22.0 Å². The van der Waals surface area contributed by atoms with Gasteiger partial charge in [-0.25, -0.2) is 9.40 Å². The van der Waals surface area contributed by atoms with Crippen molar-refractivity contribution in [2.24, 2.45) is 0 Å². The predicted molar refractivity (Wildman–Crippen MR) is 90.8 cm³/mol. The van der Waals surface area contributed by atoms with Crippen molar-refractivity contribution in [3.63, 3.8) is 0 Å². The van der Waals surface area contributed by atoms with Crippen LogP contribution in [-0.4, -0.2) is 16.9 Å². The van der Waals surface area contributed by atoms with E-state index >= 15 is 0 Å². The second-order valence-electron chi connectivity index (χ2n) is 4.94. The van der Waals surface area contributed by atoms with E-state index in [1.807, 2.05) is 0 Å². The van der Waals surface area contributed by atoms with Gasteiger partial charge < -0.3 is 5.11 Å². The van der Waals surface area contributed by atoms with Gasteiger partial charge >= 0.3 is 0 Å². The molecular weight excluding hydrogens is 403 g/mol. The number of phenols is 1. The normalized spacial score (nSPS) is 16.0. The van der Waals surface area contributed by atoms with Crippen molar-refractivity contribution in [3.05, 3.63) is 62.8 Å². The summed E-state index contributed by atoms with van der Waals surface area (Å²) in [6, 6.07) is 8.28. The molecule has 1 aliphatic heterocycles. The molecule has 0 aromatic heterocycles. The number of benzene rings is 2. The molecule has 1 saturated heterocycles. The van der Waals surface area contributed by atoms with Gasteiger partial charge in [-0.2, -0.15) is 0 Å². The van der Waals surface area contributed by atoms with E-state index in [2.05, 4.69) is 21.4 Å². The summed E-state index contributed by atoms with van der Waals surface area (Å²) in [6.07, 6.45) is 1.28. The van der Waals surface area contributed by atoms with Crippen molar-refractivity contribution < 1.29 is 19.1 Å². The minimum atomic E-state index is -0.639. The minimum Gasteiger partial charge on any atom is -0.507 e. The zero-order valence-corrected chi connectivity index (χ0v) is 14.2. The van der Waals surface area contributed by atoms with Gasteiger partial charge in [-0.15, -0.1) is 0 Å². The first-order valence-electron chi connectivity index (χ1n) is 6.67. The van der Waals surface area contributed by atoms with Gasteiger partial charge in [0.15, 0.2) is 0 Å². The Hall–Kier alpha value is -2.38. The number of carbonyl (C=O) groups excluding carboxylic acids is 2. The van der Waals surface area contributed by atoms with Crippen molar-refractivity contribution in [2.75, 3.05) is 5.01 Å². The Morgan fingerprint density at radius 3 is 2.67 bits per heavy atom. The highest BCUT2D eigenvalue weighted by Gasteiger charge is 2.34. The van der Waals surface area contributed by atoms with Crippen molar-refractivity contribution >= 4 is 51.1 Å². The molecule has 0 bridgehead atoms. The first-order valence-corrected chi connectivity index (χ1v) is 7.84. The van der Waals surface area contributed by atoms with Crippen LogP contribution in [0.4, 0.5) is 10.1 Å². The minimum absolute atomic E-state index is 0.0745. The van der Waals surface area contributed by atoms with Gasteiger partial charge in [0.25, 0.3) is 11.8 Å². The number of amides is 2. The summed E-state index contributed by atoms with van der Waals surface area (Å²) in [5, 5.41) is 10.6. The number of nitrogens with one attached hydrogen (secondary N) is 1. The molecule has 0 saturated carbocycles. The molecule has 1 fully saturated rings. The number of anilines is 1. The summed E-state index contributed by atoms with van der Waals surface area (Å²) >= 11 is 8.95. The van der Waals surface area contributed by atoms with Crippen molar-refractivity contribution in [1.82, 2.24) is 5.43 Å². The van der Waals surface area contributed by atoms with Crippen LogP contribution in [0.1, 0.15) is 5.56 Å². The maximum atomic E-state index is 13.2. The van der Waals surface area contributed by atoms with Gasteiger partial charge in [0.05, 0.1) is 10.7 Å². The number of phenolic OH excluding ortho intramolecular Hbond substituents is 1. The molecule has 1 heterocycles. The van der Waals surface area contributed by atoms with Crippen LogP contribution in [-0.2, 0) is 9.59 Å². The van der Waals surface area contributed by atoms with E-state index in [1.165, 1.54) is 24.3 Å². The van der Waals surface area contributed by atoms with E-state index < -0.39 is 17.6 Å². The Morgan fingerprint density at radius 1 is 1.21 bits per heavy atom. The molecular formula is C16H9BrClFN2O3. The summed E-state index contributed by atoms with van der Waals surface area (Å²) in [7, 11) is 0. The van der Waals surface area contributed by atoms with Gasteiger partial charge in [0.1, 0.15) is 17.1 Å². The molecule has 0 spiro atoms. The van der Waals surface area contributed by atoms with E-state index in [1.54, 1.807) is 12.1 Å². The van der Waals surface area contributed by atoms with E-state index in [9.17, 15) is 19.1 Å². The van der Waals surface area contributed by atoms with Crippen LogP contribution < -0.4 is 10.4 Å². The fourth-order valence-electron chi connectivity index (χ4n) is 2.16. The predicted octanol–water partition coefficient (Wildman–Crippen LogP) is 3.41. The van der Waals surface area contributed by atoms with Crippen molar-refractivity contribution in [2.45, 2.75) is 0 Å². The fraction of sp³-hybridized carbons (Fsp3) is 0. The topological polar surface area (TPSA) is 69.6 Å². The molecule has 0 atom stereocenters. The summed E-state index contributed by atoms with van der Waals surface area (Å²) < 4.78 is 13.9. The van der Waals surface area contributed by atoms with Crippen LogP contribution in [0.5, 0.6) is 5.75 Å². The lowest BCUT2D eigenvalue weighted by atomic mass is 10.1. The summed E-state index contributed by atoms with van der Waals surface area (Å²) in [5.41, 5.74) is 2.74. The summed E-state index contributed by atoms with van der Waals surface area (Å²) in [4.78, 5) is 24.5. The number of carbonyl (C=O) groups is 2. The SMILES string of the molecule is O=C1NN(c2ccc(F)c(Cl)c2)C(=O)/C1=C\c1cc(Br)ccc1O. The van der Waals surface area contributed by atoms with Gasteiger partial charge in [0, 0.05) is 10.0 Å². The van der Waals surface area contributed by atoms with Gasteiger partial charge in [-0.1, -0.05) is 27.5 Å². The van der Waals surface area contributed by atoms with Crippen LogP contribution in [0.25, 0.3) is 6.08 Å². The number of aromatic hydroxyl groups is 1. The smallest absolute Gasteiger partial charge is 0.282 e. The number of rotatable bonds is 2. The molecule has 0 aliphatic carbocycles. The molecule has 122 valence electrons. The number of nitrogens with zero attached hydrogens (tertiary/aromatic N) is 1. The lowest BCUT2D eigenvalue weighted by Crippen LogP contribution is -2.35. The standard InChI is InChI=1S/C16H9BrClFN2O3/c17-9-1-4-14(22)8(5-9)6-11-15(23)20-21(16(11)24)10-2-3-13(19)12(18)7-10/h1-7,22H,(H,20,23)/b11-6-. The molecule has 2 N–H and O–H groups in total. The van der Waals surface area contributed by atoms with Gasteiger partial charge in [-0.05, 0) is 42.5 Å². The number of hydrogen-bond donors (Lipinski definition) is 2. The van der Waals surface area contributed by atoms with Crippen LogP contribution in [0.2, 0.25) is 5.02 Å². The van der Waals surface area contributed by atoms with Crippen molar-refractivity contribution in [3.8, 4) is 5.75 Å². The monoisotopic (exact) mass is 410 g/mol. The molecule has 5 nitrogen and oxygen atoms in total. The number of halogens is 3. The fourth-order valence-corrected chi connectivity index (χ4v) is 2.71. The average Bonchev–Trinajstić information content (AvgIpc) is 2.81. The largest absolute Gasteiger partial charge is 0.507 e. The lowest BCUT2D eigenvalue weighted by molar-refractivity contribution is -0.117. The zero-order valence-electron chi connectivity index (χ0n) is 11.9. The van der Waals surface area contributed by atoms with Crippen LogP contribution in [0.3, 0.4) is 0 Å². The molecule has 3 rings (SSSR count). The molecule has 1 aliphatic rings. The second kappa shape index (κ2) is 6.26. The lowest BCUT2D eigenvalue weighted by Gasteiger charge is -2.14. The first-order chi connectivity index (χ1) is 11.4. The van der Waals surface area contributed by atoms with Crippen LogP contribution in [0, 0.1) is 5.82 Å². The Balaban J connectivity index is 1.98. The molecule has 2 amide bonds. The Kier molecular flexibility index (Phi) is 4.29. The Bertz CT molecular complexity index is 901. The Labute approximate surface area is 149 Å². The third-order valence-corrected chi connectivity index (χ3v) is 4.13. The number of hydrazine groups is 1. The van der Waals surface area contributed by atoms with Crippen LogP contribution in [0.15, 0.2) is 46.4 Å². The van der Waals surface area contributed by atoms with Gasteiger partial charge in [0.2, 0.25) is 0 Å². The molecule has 8 heteroatoms. The number of hydrogen-bond acceptors (Lipinski definition) is 3. The molecule has 0 radical (unpaired) electrons. The van der Waals surface area contributed by atoms with Crippen LogP contribution >= 0.6 is 27.5 Å². The Morgan fingerprint density at radius 2 is 1.96 bits per heavy atom. The van der Waals surface area contributed by atoms with E-state index in [0.717, 1.165) is 11.1 Å². The second-order valence-corrected chi connectivity index (χ2v) is 6.26. The quantitative estimate of drug-likeness (QED) is 0.588. The molecule has 24 heavy (non-hydrogen) atoms. The third kappa shape index (κ3) is 3.00. The molecule has 2 aromatic carbocycles. The zero-order chi connectivity index (χ0) is 17.4. The summed E-state index contributed by atoms with van der Waals surface area (Å²) in [6.45, 7) is 0. The van der Waals surface area contributed by atoms with Crippen molar-refractivity contribution in [1.29, 1.82) is 0 Å². The first kappa shape index (κ1) is 16.5. The third-order valence-electron chi connectivity index (χ3n) is 3.34. The summed E-state index contributed by atoms with van der Waals surface area (Å²) in [5.74, 6) is -1.98. The maximum Gasteiger partial charge on any atom is 0.282 e. The van der Waals surface area contributed by atoms with E-state index in [0.29, 0.717) is 10.0 Å². The maximum absolute atomic E-state index is 13.2. The highest BCUT2D eigenvalue weighted by molar-refractivity contribution is 9.10. The average molecular weight is 412 g/mol.